The minimum Gasteiger partial charge on any atom is -0.414 e. The topological polar surface area (TPSA) is 170 Å². The molecule has 9 unspecified atom stereocenters. The van der Waals surface area contributed by atoms with Gasteiger partial charge < -0.3 is 51.5 Å². The number of halogens is 1. The second-order valence-electron chi connectivity index (χ2n) is 26.9. The molecule has 0 saturated carbocycles. The summed E-state index contributed by atoms with van der Waals surface area (Å²) < 4.78 is 102. The minimum absolute atomic E-state index is 0.00984. The average Bonchev–Trinajstić information content (AvgIpc) is 3.98. The number of aldehydes is 1. The first-order valence-corrected chi connectivity index (χ1v) is 36.9. The zero-order valence-corrected chi connectivity index (χ0v) is 53.3. The molecule has 8 saturated heterocycles. The van der Waals surface area contributed by atoms with E-state index in [1.807, 2.05) is 6.92 Å². The number of methoxy groups -OCH3 is 1. The maximum absolute atomic E-state index is 14.8. The van der Waals surface area contributed by atoms with Crippen molar-refractivity contribution in [2.45, 2.75) is 277 Å². The second-order valence-corrected chi connectivity index (χ2v) is 39.1. The van der Waals surface area contributed by atoms with Gasteiger partial charge in [-0.15, -0.1) is 0 Å². The van der Waals surface area contributed by atoms with Crippen molar-refractivity contribution < 1.29 is 68.9 Å². The van der Waals surface area contributed by atoms with Gasteiger partial charge in [0, 0.05) is 64.4 Å². The summed E-state index contributed by atoms with van der Waals surface area (Å²) in [5.41, 5.74) is 1.94. The number of hydrogen-bond donors (Lipinski definition) is 0. The fraction of sp³-hybridized carbons (Fsp3) is 0.797. The maximum atomic E-state index is 14.8. The molecule has 15 nitrogen and oxygen atoms in total. The van der Waals surface area contributed by atoms with Gasteiger partial charge in [-0.05, 0) is 103 Å². The van der Waals surface area contributed by atoms with Crippen molar-refractivity contribution in [3.8, 4) is 0 Å². The summed E-state index contributed by atoms with van der Waals surface area (Å²) >= 11 is 3.44. The Kier molecular flexibility index (Phi) is 19.7. The predicted molar refractivity (Wildman–Crippen MR) is 306 cm³/mol. The zero-order chi connectivity index (χ0) is 56.9. The van der Waals surface area contributed by atoms with Crippen LogP contribution in [0.1, 0.15) is 138 Å². The smallest absolute Gasteiger partial charge is 0.297 e. The van der Waals surface area contributed by atoms with Gasteiger partial charge in [0.25, 0.3) is 10.1 Å². The fourth-order valence-corrected chi connectivity index (χ4v) is 16.3. The van der Waals surface area contributed by atoms with Gasteiger partial charge >= 0.3 is 0 Å². The van der Waals surface area contributed by atoms with Crippen LogP contribution in [0.3, 0.4) is 0 Å². The summed E-state index contributed by atoms with van der Waals surface area (Å²) in [6.07, 6.45) is 1.12. The standard InChI is InChI=1S/C59H93BrO15SSi2/c1-35-18-21-44(22-19-35)76(63,64)74-42(28-37(3)60)24-25-59-33-50-53(72-59)54-55(71-50)56(73-59)52-46(70-54)23-20-41(68-52)29-39(62)30-45-48(32-47-38(4)36(2)27-40(67-47)17-16-26-61)69-49(51(45)65-11)31-43(75-78(14,15)58(8,9)10)34-66-77(12,13)57(5,6)7/h18-19,21-22,26,36,40-43,45-56H,3-4,16-17,20,23-25,27-34H2,1-2,5-15H3/t36-,40+,41?,42-,43+,45+,46?,47-,48+,49-,50?,51-,52?,53?,54?,55?,56?,59?/m1/s1. The number of fused-ring (bicyclic) bond motifs is 1. The van der Waals surface area contributed by atoms with E-state index in [9.17, 15) is 18.0 Å². The first-order chi connectivity index (χ1) is 36.4. The summed E-state index contributed by atoms with van der Waals surface area (Å²) in [5.74, 6) is -1.16. The molecule has 8 heterocycles. The van der Waals surface area contributed by atoms with Crippen molar-refractivity contribution in [2.24, 2.45) is 11.8 Å². The Hall–Kier alpha value is -1.54. The summed E-state index contributed by atoms with van der Waals surface area (Å²) in [6.45, 7) is 35.6. The fourth-order valence-electron chi connectivity index (χ4n) is 12.5. The lowest BCUT2D eigenvalue weighted by atomic mass is 9.81. The third kappa shape index (κ3) is 14.2. The average molecular weight is 1210 g/mol. The molecular formula is C59H93BrO15SSi2. The van der Waals surface area contributed by atoms with Crippen molar-refractivity contribution in [2.75, 3.05) is 13.7 Å². The van der Waals surface area contributed by atoms with Gasteiger partial charge in [-0.2, -0.15) is 8.42 Å². The highest BCUT2D eigenvalue weighted by molar-refractivity contribution is 9.11. The van der Waals surface area contributed by atoms with Crippen LogP contribution in [0, 0.1) is 18.8 Å². The van der Waals surface area contributed by atoms with Crippen molar-refractivity contribution in [1.29, 1.82) is 0 Å². The van der Waals surface area contributed by atoms with Crippen molar-refractivity contribution in [3.05, 3.63) is 53.0 Å². The summed E-state index contributed by atoms with van der Waals surface area (Å²) in [4.78, 5) is 26.3. The van der Waals surface area contributed by atoms with Gasteiger partial charge in [0.15, 0.2) is 22.4 Å². The molecule has 8 aliphatic heterocycles. The monoisotopic (exact) mass is 1210 g/mol. The molecule has 0 spiro atoms. The highest BCUT2D eigenvalue weighted by Crippen LogP contribution is 2.54. The van der Waals surface area contributed by atoms with Crippen LogP contribution in [0.15, 0.2) is 52.4 Å². The SMILES string of the molecule is C=C(Br)C[C@@H](CCC12CC3OC4C(OC5CCC(CC(=O)C[C@@H]6[C@@H](OC)[C@@H](C[C@@H](CO[Si](C)(C)C(C)(C)C)O[Si](C)(C)C(C)(C)C)O[C@H]6C[C@H]6O[C@@H](CCC=O)C[C@@H](C)C6=C)OC5C4O1)C3O2)OS(=O)(=O)c1ccc(C)cc1. The highest BCUT2D eigenvalue weighted by Gasteiger charge is 2.69. The van der Waals surface area contributed by atoms with E-state index in [-0.39, 0.29) is 94.6 Å². The normalized spacial score (nSPS) is 35.8. The summed E-state index contributed by atoms with van der Waals surface area (Å²) in [7, 11) is -6.81. The van der Waals surface area contributed by atoms with Crippen LogP contribution in [-0.4, -0.2) is 148 Å². The van der Waals surface area contributed by atoms with Crippen LogP contribution in [0.4, 0.5) is 0 Å². The van der Waals surface area contributed by atoms with E-state index in [1.54, 1.807) is 31.4 Å². The molecule has 0 N–H and O–H groups in total. The lowest BCUT2D eigenvalue weighted by Crippen LogP contribution is -2.61. The Labute approximate surface area is 477 Å². The quantitative estimate of drug-likeness (QED) is 0.0392. The number of benzene rings is 1. The third-order valence-corrected chi connectivity index (χ3v) is 29.7. The molecule has 440 valence electrons. The lowest BCUT2D eigenvalue weighted by molar-refractivity contribution is -0.292. The van der Waals surface area contributed by atoms with E-state index < -0.39 is 81.4 Å². The number of ether oxygens (including phenoxy) is 8. The third-order valence-electron chi connectivity index (χ3n) is 19.0. The molecule has 0 amide bonds. The number of hydrogen-bond acceptors (Lipinski definition) is 15. The Balaban J connectivity index is 0.983. The van der Waals surface area contributed by atoms with E-state index in [4.69, 9.17) is 50.9 Å². The van der Waals surface area contributed by atoms with Gasteiger partial charge in [-0.3, -0.25) is 8.98 Å². The second kappa shape index (κ2) is 24.6. The molecule has 1 aromatic carbocycles. The van der Waals surface area contributed by atoms with Crippen LogP contribution in [0.2, 0.25) is 36.3 Å². The van der Waals surface area contributed by atoms with E-state index in [1.165, 1.54) is 0 Å². The number of Topliss-reactive ketones (excluding diaryl/α,β-unsaturated/α-hetero) is 1. The van der Waals surface area contributed by atoms with Crippen LogP contribution >= 0.6 is 15.9 Å². The van der Waals surface area contributed by atoms with Gasteiger partial charge in [-0.25, -0.2) is 0 Å². The predicted octanol–water partition coefficient (Wildman–Crippen LogP) is 11.4. The zero-order valence-electron chi connectivity index (χ0n) is 48.9. The van der Waals surface area contributed by atoms with Gasteiger partial charge in [0.05, 0.1) is 72.5 Å². The van der Waals surface area contributed by atoms with E-state index in [0.717, 1.165) is 23.8 Å². The first kappa shape index (κ1) is 62.5. The van der Waals surface area contributed by atoms with E-state index in [2.05, 4.69) is 104 Å². The Bertz CT molecular complexity index is 2390. The maximum Gasteiger partial charge on any atom is 0.297 e. The van der Waals surface area contributed by atoms with Crippen LogP contribution in [0.5, 0.6) is 0 Å². The summed E-state index contributed by atoms with van der Waals surface area (Å²) in [6, 6.07) is 6.60. The Morgan fingerprint density at radius 1 is 0.859 bits per heavy atom. The Morgan fingerprint density at radius 2 is 1.53 bits per heavy atom. The molecule has 0 radical (unpaired) electrons. The minimum atomic E-state index is -4.08. The molecule has 0 aromatic heterocycles. The van der Waals surface area contributed by atoms with Crippen molar-refractivity contribution in [3.63, 3.8) is 0 Å². The van der Waals surface area contributed by atoms with Crippen molar-refractivity contribution >= 4 is 54.8 Å². The van der Waals surface area contributed by atoms with Crippen LogP contribution in [-0.2, 0) is 70.6 Å². The van der Waals surface area contributed by atoms with Crippen LogP contribution in [0.25, 0.3) is 0 Å². The molecule has 6 bridgehead atoms. The van der Waals surface area contributed by atoms with Gasteiger partial charge in [0.1, 0.15) is 42.6 Å². The molecule has 8 fully saturated rings. The molecule has 78 heavy (non-hydrogen) atoms. The number of ketones is 1. The lowest BCUT2D eigenvalue weighted by Gasteiger charge is -2.47. The molecule has 1 aromatic rings. The number of rotatable bonds is 25. The van der Waals surface area contributed by atoms with E-state index >= 15 is 0 Å². The largest absolute Gasteiger partial charge is 0.414 e. The van der Waals surface area contributed by atoms with E-state index in [0.29, 0.717) is 68.9 Å². The molecule has 19 heteroatoms. The van der Waals surface area contributed by atoms with Gasteiger partial charge in [0.2, 0.25) is 0 Å². The highest BCUT2D eigenvalue weighted by atomic mass is 79.9. The van der Waals surface area contributed by atoms with Crippen LogP contribution < -0.4 is 0 Å². The molecular weight excluding hydrogens is 1120 g/mol. The molecule has 8 aliphatic rings. The summed E-state index contributed by atoms with van der Waals surface area (Å²) in [5, 5.41) is -0.0304. The van der Waals surface area contributed by atoms with Gasteiger partial charge in [-0.1, -0.05) is 95.3 Å². The number of carbonyl (C=O) groups excluding carboxylic acids is 2. The number of aryl methyl sites for hydroxylation is 1. The molecule has 0 aliphatic carbocycles. The Morgan fingerprint density at radius 3 is 2.18 bits per heavy atom. The molecule has 9 rings (SSSR count). The van der Waals surface area contributed by atoms with Crippen molar-refractivity contribution in [1.82, 2.24) is 0 Å². The first-order valence-electron chi connectivity index (χ1n) is 28.9. The number of carbonyl (C=O) groups is 2. The molecule has 18 atom stereocenters.